The number of aryl methyl sites for hydroxylation is 1. The Morgan fingerprint density at radius 1 is 1.05 bits per heavy atom. The van der Waals surface area contributed by atoms with Crippen molar-refractivity contribution in [3.8, 4) is 0 Å². The van der Waals surface area contributed by atoms with E-state index >= 15 is 0 Å². The molecule has 20 heavy (non-hydrogen) atoms. The van der Waals surface area contributed by atoms with E-state index in [2.05, 4.69) is 10.6 Å². The van der Waals surface area contributed by atoms with Gasteiger partial charge in [-0.15, -0.1) is 0 Å². The van der Waals surface area contributed by atoms with Crippen LogP contribution in [0.15, 0.2) is 34.7 Å². The van der Waals surface area contributed by atoms with Crippen LogP contribution >= 0.6 is 0 Å². The maximum absolute atomic E-state index is 12.1. The van der Waals surface area contributed by atoms with E-state index in [9.17, 15) is 9.59 Å². The van der Waals surface area contributed by atoms with Gasteiger partial charge in [0.25, 0.3) is 5.91 Å². The summed E-state index contributed by atoms with van der Waals surface area (Å²) in [6, 6.07) is 8.75. The van der Waals surface area contributed by atoms with Gasteiger partial charge in [-0.2, -0.15) is 0 Å². The summed E-state index contributed by atoms with van der Waals surface area (Å²) in [4.78, 5) is 23.0. The molecule has 2 amide bonds. The average molecular weight is 272 g/mol. The number of rotatable bonds is 3. The first kappa shape index (κ1) is 13.9. The monoisotopic (exact) mass is 272 g/mol. The molecule has 0 atom stereocenters. The zero-order chi connectivity index (χ0) is 14.7. The topological polar surface area (TPSA) is 71.3 Å². The highest BCUT2D eigenvalue weighted by atomic mass is 16.4. The third kappa shape index (κ3) is 3.06. The summed E-state index contributed by atoms with van der Waals surface area (Å²) >= 11 is 0. The molecule has 0 bridgehead atoms. The lowest BCUT2D eigenvalue weighted by molar-refractivity contribution is -0.114. The van der Waals surface area contributed by atoms with E-state index in [0.717, 1.165) is 16.8 Å². The number of nitrogens with one attached hydrogen (secondary N) is 2. The highest BCUT2D eigenvalue weighted by Crippen LogP contribution is 2.20. The Morgan fingerprint density at radius 2 is 1.80 bits per heavy atom. The third-order valence-corrected chi connectivity index (χ3v) is 2.98. The van der Waals surface area contributed by atoms with Crippen molar-refractivity contribution in [2.75, 3.05) is 10.6 Å². The van der Waals surface area contributed by atoms with E-state index < -0.39 is 0 Å². The van der Waals surface area contributed by atoms with E-state index in [0.29, 0.717) is 0 Å². The molecule has 0 saturated carbocycles. The highest BCUT2D eigenvalue weighted by molar-refractivity contribution is 6.03. The minimum absolute atomic E-state index is 0.148. The Kier molecular flexibility index (Phi) is 3.89. The zero-order valence-corrected chi connectivity index (χ0v) is 11.6. The van der Waals surface area contributed by atoms with Crippen LogP contribution in [0.5, 0.6) is 0 Å². The van der Waals surface area contributed by atoms with Gasteiger partial charge in [-0.1, -0.05) is 12.1 Å². The Hall–Kier alpha value is -2.56. The minimum atomic E-state index is -0.352. The van der Waals surface area contributed by atoms with Gasteiger partial charge in [0.2, 0.25) is 5.91 Å². The fourth-order valence-corrected chi connectivity index (χ4v) is 1.77. The van der Waals surface area contributed by atoms with Crippen molar-refractivity contribution < 1.29 is 14.0 Å². The average Bonchev–Trinajstić information content (AvgIpc) is 2.82. The standard InChI is InChI=1S/C15H16N2O3/c1-9-5-4-6-12(10(9)2)17-15(19)13-7-8-14(20-13)16-11(3)18/h4-8H,1-3H3,(H,16,18)(H,17,19). The summed E-state index contributed by atoms with van der Waals surface area (Å²) in [5.41, 5.74) is 2.85. The van der Waals surface area contributed by atoms with Gasteiger partial charge in [-0.05, 0) is 37.1 Å². The molecule has 5 nitrogen and oxygen atoms in total. The van der Waals surface area contributed by atoms with Gasteiger partial charge in [0.15, 0.2) is 11.6 Å². The number of hydrogen-bond donors (Lipinski definition) is 2. The van der Waals surface area contributed by atoms with Crippen molar-refractivity contribution >= 4 is 23.4 Å². The number of benzene rings is 1. The van der Waals surface area contributed by atoms with Crippen LogP contribution < -0.4 is 10.6 Å². The molecule has 1 heterocycles. The fraction of sp³-hybridized carbons (Fsp3) is 0.200. The third-order valence-electron chi connectivity index (χ3n) is 2.98. The molecule has 104 valence electrons. The van der Waals surface area contributed by atoms with Gasteiger partial charge in [-0.25, -0.2) is 0 Å². The van der Waals surface area contributed by atoms with Crippen molar-refractivity contribution in [1.29, 1.82) is 0 Å². The van der Waals surface area contributed by atoms with Gasteiger partial charge in [0, 0.05) is 18.7 Å². The van der Waals surface area contributed by atoms with Crippen molar-refractivity contribution in [2.45, 2.75) is 20.8 Å². The molecule has 0 unspecified atom stereocenters. The second kappa shape index (κ2) is 5.61. The summed E-state index contributed by atoms with van der Waals surface area (Å²) in [6.07, 6.45) is 0. The molecule has 0 radical (unpaired) electrons. The normalized spacial score (nSPS) is 10.2. The van der Waals surface area contributed by atoms with Crippen LogP contribution in [0.2, 0.25) is 0 Å². The number of furan rings is 1. The quantitative estimate of drug-likeness (QED) is 0.901. The predicted molar refractivity (Wildman–Crippen MR) is 76.9 cm³/mol. The second-order valence-electron chi connectivity index (χ2n) is 4.55. The lowest BCUT2D eigenvalue weighted by atomic mass is 10.1. The van der Waals surface area contributed by atoms with Crippen molar-refractivity contribution in [1.82, 2.24) is 0 Å². The molecule has 0 aliphatic rings. The first-order valence-electron chi connectivity index (χ1n) is 6.22. The Labute approximate surface area is 117 Å². The maximum Gasteiger partial charge on any atom is 0.291 e. The number of carbonyl (C=O) groups excluding carboxylic acids is 2. The molecule has 0 spiro atoms. The molecule has 5 heteroatoms. The Balaban J connectivity index is 2.14. The fourth-order valence-electron chi connectivity index (χ4n) is 1.77. The Bertz CT molecular complexity index is 659. The maximum atomic E-state index is 12.1. The molecule has 1 aromatic carbocycles. The van der Waals surface area contributed by atoms with Crippen LogP contribution in [0.3, 0.4) is 0 Å². The van der Waals surface area contributed by atoms with Crippen molar-refractivity contribution in [2.24, 2.45) is 0 Å². The molecule has 0 saturated heterocycles. The first-order valence-corrected chi connectivity index (χ1v) is 6.22. The summed E-state index contributed by atoms with van der Waals surface area (Å²) in [5, 5.41) is 5.27. The van der Waals surface area contributed by atoms with Crippen LogP contribution in [0.25, 0.3) is 0 Å². The van der Waals surface area contributed by atoms with Crippen molar-refractivity contribution in [3.05, 3.63) is 47.2 Å². The van der Waals surface area contributed by atoms with E-state index in [4.69, 9.17) is 4.42 Å². The lowest BCUT2D eigenvalue weighted by Gasteiger charge is -2.09. The minimum Gasteiger partial charge on any atom is -0.435 e. The number of amides is 2. The summed E-state index contributed by atoms with van der Waals surface area (Å²) in [5.74, 6) is -0.200. The predicted octanol–water partition coefficient (Wildman–Crippen LogP) is 3.11. The molecule has 2 N–H and O–H groups in total. The summed E-state index contributed by atoms with van der Waals surface area (Å²) in [7, 11) is 0. The molecule has 0 fully saturated rings. The van der Waals surface area contributed by atoms with E-state index in [1.54, 1.807) is 6.07 Å². The molecular weight excluding hydrogens is 256 g/mol. The summed E-state index contributed by atoms with van der Waals surface area (Å²) < 4.78 is 5.25. The van der Waals surface area contributed by atoms with Gasteiger partial charge >= 0.3 is 0 Å². The second-order valence-corrected chi connectivity index (χ2v) is 4.55. The van der Waals surface area contributed by atoms with Crippen LogP contribution in [0.4, 0.5) is 11.6 Å². The molecular formula is C15H16N2O3. The molecule has 2 aromatic rings. The van der Waals surface area contributed by atoms with Crippen LogP contribution in [0.1, 0.15) is 28.6 Å². The van der Waals surface area contributed by atoms with Crippen LogP contribution in [-0.2, 0) is 4.79 Å². The largest absolute Gasteiger partial charge is 0.435 e. The number of anilines is 2. The van der Waals surface area contributed by atoms with Crippen LogP contribution in [0, 0.1) is 13.8 Å². The smallest absolute Gasteiger partial charge is 0.291 e. The summed E-state index contributed by atoms with van der Waals surface area (Å²) in [6.45, 7) is 5.29. The lowest BCUT2D eigenvalue weighted by Crippen LogP contribution is -2.12. The SMILES string of the molecule is CC(=O)Nc1ccc(C(=O)Nc2cccc(C)c2C)o1. The first-order chi connectivity index (χ1) is 9.47. The van der Waals surface area contributed by atoms with E-state index in [1.807, 2.05) is 32.0 Å². The van der Waals surface area contributed by atoms with Gasteiger partial charge in [0.05, 0.1) is 0 Å². The van der Waals surface area contributed by atoms with Gasteiger partial charge in [-0.3, -0.25) is 14.9 Å². The Morgan fingerprint density at radius 3 is 2.50 bits per heavy atom. The van der Waals surface area contributed by atoms with Crippen molar-refractivity contribution in [3.63, 3.8) is 0 Å². The molecule has 1 aromatic heterocycles. The van der Waals surface area contributed by atoms with Crippen LogP contribution in [-0.4, -0.2) is 11.8 Å². The number of carbonyl (C=O) groups is 2. The number of hydrogen-bond acceptors (Lipinski definition) is 3. The molecule has 0 aliphatic heterocycles. The van der Waals surface area contributed by atoms with Gasteiger partial charge < -0.3 is 9.73 Å². The van der Waals surface area contributed by atoms with E-state index in [-0.39, 0.29) is 23.5 Å². The van der Waals surface area contributed by atoms with Gasteiger partial charge in [0.1, 0.15) is 0 Å². The molecule has 2 rings (SSSR count). The highest BCUT2D eigenvalue weighted by Gasteiger charge is 2.13. The molecule has 0 aliphatic carbocycles. The van der Waals surface area contributed by atoms with E-state index in [1.165, 1.54) is 13.0 Å². The zero-order valence-electron chi connectivity index (χ0n) is 11.6.